The maximum atomic E-state index is 12.8. The molecule has 5 heteroatoms. The van der Waals surface area contributed by atoms with Gasteiger partial charge in [-0.05, 0) is 38.0 Å². The van der Waals surface area contributed by atoms with Gasteiger partial charge >= 0.3 is 6.18 Å². The molecule has 1 saturated heterocycles. The Morgan fingerprint density at radius 1 is 1.39 bits per heavy atom. The quantitative estimate of drug-likeness (QED) is 0.766. The lowest BCUT2D eigenvalue weighted by Crippen LogP contribution is -2.26. The van der Waals surface area contributed by atoms with Crippen molar-refractivity contribution in [3.05, 3.63) is 29.3 Å². The average molecular weight is 254 g/mol. The van der Waals surface area contributed by atoms with Crippen molar-refractivity contribution in [2.75, 3.05) is 11.4 Å². The summed E-state index contributed by atoms with van der Waals surface area (Å²) in [5, 5.41) is 8.73. The Morgan fingerprint density at radius 2 is 2.11 bits per heavy atom. The van der Waals surface area contributed by atoms with Crippen molar-refractivity contribution in [1.82, 2.24) is 0 Å². The van der Waals surface area contributed by atoms with Crippen molar-refractivity contribution in [3.63, 3.8) is 0 Å². The largest absolute Gasteiger partial charge is 0.417 e. The van der Waals surface area contributed by atoms with Crippen molar-refractivity contribution in [2.24, 2.45) is 0 Å². The molecule has 0 spiro atoms. The number of alkyl halides is 3. The second-order valence-electron chi connectivity index (χ2n) is 4.52. The molecule has 1 heterocycles. The second kappa shape index (κ2) is 4.52. The summed E-state index contributed by atoms with van der Waals surface area (Å²) in [6.07, 6.45) is -2.51. The highest BCUT2D eigenvalue weighted by Crippen LogP contribution is 2.35. The molecule has 0 radical (unpaired) electrons. The molecule has 0 saturated carbocycles. The minimum absolute atomic E-state index is 0.249. The fourth-order valence-electron chi connectivity index (χ4n) is 2.36. The molecule has 1 aliphatic rings. The molecule has 2 nitrogen and oxygen atoms in total. The van der Waals surface area contributed by atoms with Gasteiger partial charge in [-0.25, -0.2) is 0 Å². The highest BCUT2D eigenvalue weighted by Gasteiger charge is 2.34. The molecular weight excluding hydrogens is 241 g/mol. The number of benzene rings is 1. The molecule has 0 unspecified atom stereocenters. The lowest BCUT2D eigenvalue weighted by molar-refractivity contribution is -0.137. The Hall–Kier alpha value is -1.70. The van der Waals surface area contributed by atoms with Crippen LogP contribution in [0.1, 0.15) is 30.9 Å². The van der Waals surface area contributed by atoms with Gasteiger partial charge < -0.3 is 4.90 Å². The molecule has 96 valence electrons. The van der Waals surface area contributed by atoms with E-state index < -0.39 is 11.7 Å². The van der Waals surface area contributed by atoms with E-state index in [0.717, 1.165) is 25.5 Å². The predicted molar refractivity (Wildman–Crippen MR) is 62.2 cm³/mol. The molecule has 18 heavy (non-hydrogen) atoms. The van der Waals surface area contributed by atoms with E-state index in [9.17, 15) is 13.2 Å². The first-order chi connectivity index (χ1) is 8.43. The van der Waals surface area contributed by atoms with Crippen LogP contribution >= 0.6 is 0 Å². The topological polar surface area (TPSA) is 27.0 Å². The van der Waals surface area contributed by atoms with Gasteiger partial charge in [0.15, 0.2) is 0 Å². The fraction of sp³-hybridized carbons (Fsp3) is 0.462. The Bertz CT molecular complexity index is 488. The average Bonchev–Trinajstić information content (AvgIpc) is 2.73. The van der Waals surface area contributed by atoms with Crippen molar-refractivity contribution in [2.45, 2.75) is 32.0 Å². The highest BCUT2D eigenvalue weighted by molar-refractivity contribution is 5.55. The lowest BCUT2D eigenvalue weighted by Gasteiger charge is -2.25. The Balaban J connectivity index is 2.44. The molecule has 0 N–H and O–H groups in total. The van der Waals surface area contributed by atoms with E-state index in [1.807, 2.05) is 11.8 Å². The fourth-order valence-corrected chi connectivity index (χ4v) is 2.36. The standard InChI is InChI=1S/C13H13F3N2/c1-9-3-2-6-18(9)11-5-4-10(8-17)12(7-11)13(14,15)16/h4-5,7,9H,2-3,6H2,1H3/t9-/m0/s1. The number of hydrogen-bond acceptors (Lipinski definition) is 2. The Labute approximate surface area is 104 Å². The minimum Gasteiger partial charge on any atom is -0.369 e. The van der Waals surface area contributed by atoms with E-state index >= 15 is 0 Å². The van der Waals surface area contributed by atoms with Gasteiger partial charge in [-0.1, -0.05) is 0 Å². The van der Waals surface area contributed by atoms with Gasteiger partial charge in [-0.15, -0.1) is 0 Å². The third-order valence-corrected chi connectivity index (χ3v) is 3.31. The van der Waals surface area contributed by atoms with Gasteiger partial charge in [-0.2, -0.15) is 18.4 Å². The predicted octanol–water partition coefficient (Wildman–Crippen LogP) is 3.57. The Kier molecular flexibility index (Phi) is 3.20. The molecule has 1 aliphatic heterocycles. The van der Waals surface area contributed by atoms with E-state index in [1.165, 1.54) is 6.07 Å². The summed E-state index contributed by atoms with van der Waals surface area (Å²) in [5.41, 5.74) is -0.619. The van der Waals surface area contributed by atoms with Crippen molar-refractivity contribution < 1.29 is 13.2 Å². The first-order valence-electron chi connectivity index (χ1n) is 5.81. The van der Waals surface area contributed by atoms with Crippen LogP contribution in [0.4, 0.5) is 18.9 Å². The van der Waals surface area contributed by atoms with Crippen LogP contribution in [0.3, 0.4) is 0 Å². The highest BCUT2D eigenvalue weighted by atomic mass is 19.4. The number of rotatable bonds is 1. The van der Waals surface area contributed by atoms with E-state index in [2.05, 4.69) is 0 Å². The van der Waals surface area contributed by atoms with Crippen LogP contribution in [0, 0.1) is 11.3 Å². The van der Waals surface area contributed by atoms with E-state index in [4.69, 9.17) is 5.26 Å². The van der Waals surface area contributed by atoms with E-state index in [0.29, 0.717) is 5.69 Å². The van der Waals surface area contributed by atoms with Crippen LogP contribution in [0.2, 0.25) is 0 Å². The minimum atomic E-state index is -4.48. The van der Waals surface area contributed by atoms with Gasteiger partial charge in [0, 0.05) is 18.3 Å². The number of nitrogens with zero attached hydrogens (tertiary/aromatic N) is 2. The normalized spacial score (nSPS) is 19.9. The summed E-state index contributed by atoms with van der Waals surface area (Å²) in [6, 6.07) is 5.77. The van der Waals surface area contributed by atoms with Crippen LogP contribution in [0.5, 0.6) is 0 Å². The summed E-state index contributed by atoms with van der Waals surface area (Å²) < 4.78 is 38.5. The van der Waals surface area contributed by atoms with E-state index in [-0.39, 0.29) is 11.6 Å². The second-order valence-corrected chi connectivity index (χ2v) is 4.52. The van der Waals surface area contributed by atoms with E-state index in [1.54, 1.807) is 12.1 Å². The number of halogens is 3. The molecule has 1 fully saturated rings. The molecule has 1 atom stereocenters. The van der Waals surface area contributed by atoms with Crippen LogP contribution < -0.4 is 4.90 Å². The van der Waals surface area contributed by atoms with Gasteiger partial charge in [0.1, 0.15) is 0 Å². The molecule has 0 amide bonds. The maximum absolute atomic E-state index is 12.8. The summed E-state index contributed by atoms with van der Waals surface area (Å²) in [4.78, 5) is 1.95. The first-order valence-corrected chi connectivity index (χ1v) is 5.81. The number of nitriles is 1. The molecule has 0 aromatic heterocycles. The monoisotopic (exact) mass is 254 g/mol. The SMILES string of the molecule is C[C@H]1CCCN1c1ccc(C#N)c(C(F)(F)F)c1. The molecule has 0 bridgehead atoms. The third-order valence-electron chi connectivity index (χ3n) is 3.31. The molecule has 1 aromatic carbocycles. The van der Waals surface area contributed by atoms with Crippen LogP contribution in [0.15, 0.2) is 18.2 Å². The van der Waals surface area contributed by atoms with Gasteiger partial charge in [0.25, 0.3) is 0 Å². The summed E-state index contributed by atoms with van der Waals surface area (Å²) >= 11 is 0. The summed E-state index contributed by atoms with van der Waals surface area (Å²) in [5.74, 6) is 0. The maximum Gasteiger partial charge on any atom is 0.417 e. The smallest absolute Gasteiger partial charge is 0.369 e. The Morgan fingerprint density at radius 3 is 2.61 bits per heavy atom. The zero-order valence-electron chi connectivity index (χ0n) is 9.96. The third kappa shape index (κ3) is 2.28. The first kappa shape index (κ1) is 12.7. The zero-order valence-corrected chi connectivity index (χ0v) is 9.96. The van der Waals surface area contributed by atoms with Gasteiger partial charge in [0.2, 0.25) is 0 Å². The zero-order chi connectivity index (χ0) is 13.3. The van der Waals surface area contributed by atoms with Gasteiger partial charge in [-0.3, -0.25) is 0 Å². The van der Waals surface area contributed by atoms with Crippen molar-refractivity contribution >= 4 is 5.69 Å². The molecule has 1 aromatic rings. The summed E-state index contributed by atoms with van der Waals surface area (Å²) in [6.45, 7) is 2.77. The van der Waals surface area contributed by atoms with Gasteiger partial charge in [0.05, 0.1) is 17.2 Å². The number of anilines is 1. The number of hydrogen-bond donors (Lipinski definition) is 0. The van der Waals surface area contributed by atoms with Crippen molar-refractivity contribution in [3.8, 4) is 6.07 Å². The lowest BCUT2D eigenvalue weighted by atomic mass is 10.1. The van der Waals surface area contributed by atoms with Crippen LogP contribution in [0.25, 0.3) is 0 Å². The molecule has 0 aliphatic carbocycles. The van der Waals surface area contributed by atoms with Crippen LogP contribution in [-0.4, -0.2) is 12.6 Å². The molecule has 2 rings (SSSR count). The molecular formula is C13H13F3N2. The van der Waals surface area contributed by atoms with Crippen molar-refractivity contribution in [1.29, 1.82) is 5.26 Å². The van der Waals surface area contributed by atoms with Crippen LogP contribution in [-0.2, 0) is 6.18 Å². The summed E-state index contributed by atoms with van der Waals surface area (Å²) in [7, 11) is 0.